The van der Waals surface area contributed by atoms with Crippen molar-refractivity contribution < 1.29 is 22.7 Å². The van der Waals surface area contributed by atoms with Crippen LogP contribution in [0.2, 0.25) is 0 Å². The second kappa shape index (κ2) is 8.42. The quantitative estimate of drug-likeness (QED) is 0.642. The maximum atomic E-state index is 12.3. The SMILES string of the molecule is C[C@H](NS(=O)(=O)c1ccccc1)C(=O)NCCOc1cccc2c1OC(C)(C)C2. The van der Waals surface area contributed by atoms with Crippen molar-refractivity contribution >= 4 is 15.9 Å². The first kappa shape index (κ1) is 21.1. The van der Waals surface area contributed by atoms with E-state index in [1.807, 2.05) is 32.0 Å². The number of benzene rings is 2. The Labute approximate surface area is 171 Å². The Hall–Kier alpha value is -2.58. The molecule has 8 heteroatoms. The van der Waals surface area contributed by atoms with E-state index in [2.05, 4.69) is 10.0 Å². The first-order valence-electron chi connectivity index (χ1n) is 9.47. The van der Waals surface area contributed by atoms with Crippen molar-refractivity contribution in [1.29, 1.82) is 0 Å². The van der Waals surface area contributed by atoms with Crippen molar-refractivity contribution in [3.05, 3.63) is 54.1 Å². The topological polar surface area (TPSA) is 93.7 Å². The van der Waals surface area contributed by atoms with Gasteiger partial charge in [-0.3, -0.25) is 4.79 Å². The summed E-state index contributed by atoms with van der Waals surface area (Å²) >= 11 is 0. The van der Waals surface area contributed by atoms with Gasteiger partial charge in [-0.15, -0.1) is 0 Å². The van der Waals surface area contributed by atoms with Gasteiger partial charge in [0.05, 0.1) is 17.5 Å². The van der Waals surface area contributed by atoms with Crippen molar-refractivity contribution in [3.63, 3.8) is 0 Å². The Morgan fingerprint density at radius 3 is 2.62 bits per heavy atom. The molecule has 0 aliphatic carbocycles. The predicted octanol–water partition coefficient (Wildman–Crippen LogP) is 2.26. The number of fused-ring (bicyclic) bond motifs is 1. The number of amides is 1. The summed E-state index contributed by atoms with van der Waals surface area (Å²) in [5.41, 5.74) is 0.835. The molecule has 1 heterocycles. The van der Waals surface area contributed by atoms with Gasteiger partial charge in [0, 0.05) is 12.0 Å². The van der Waals surface area contributed by atoms with Crippen LogP contribution < -0.4 is 19.5 Å². The molecule has 0 bridgehead atoms. The fourth-order valence-electron chi connectivity index (χ4n) is 3.14. The van der Waals surface area contributed by atoms with Gasteiger partial charge in [0.15, 0.2) is 11.5 Å². The van der Waals surface area contributed by atoms with Crippen molar-refractivity contribution in [3.8, 4) is 11.5 Å². The summed E-state index contributed by atoms with van der Waals surface area (Å²) in [6, 6.07) is 12.8. The number of rotatable bonds is 8. The van der Waals surface area contributed by atoms with Gasteiger partial charge < -0.3 is 14.8 Å². The Morgan fingerprint density at radius 1 is 1.17 bits per heavy atom. The first-order chi connectivity index (χ1) is 13.7. The zero-order valence-corrected chi connectivity index (χ0v) is 17.6. The summed E-state index contributed by atoms with van der Waals surface area (Å²) in [5, 5.41) is 2.68. The zero-order valence-electron chi connectivity index (χ0n) is 16.8. The molecule has 0 aromatic heterocycles. The predicted molar refractivity (Wildman–Crippen MR) is 110 cm³/mol. The first-order valence-corrected chi connectivity index (χ1v) is 10.9. The van der Waals surface area contributed by atoms with Crippen molar-refractivity contribution in [2.24, 2.45) is 0 Å². The lowest BCUT2D eigenvalue weighted by Crippen LogP contribution is -2.45. The van der Waals surface area contributed by atoms with Crippen LogP contribution in [-0.4, -0.2) is 39.1 Å². The Kier molecular flexibility index (Phi) is 6.14. The fraction of sp³-hybridized carbons (Fsp3) is 0.381. The largest absolute Gasteiger partial charge is 0.488 e. The number of ether oxygens (including phenoxy) is 2. The lowest BCUT2D eigenvalue weighted by atomic mass is 10.0. The summed E-state index contributed by atoms with van der Waals surface area (Å²) in [6.07, 6.45) is 0.815. The molecule has 0 radical (unpaired) electrons. The number of carbonyl (C=O) groups is 1. The van der Waals surface area contributed by atoms with Crippen LogP contribution in [0, 0.1) is 0 Å². The number of nitrogens with one attached hydrogen (secondary N) is 2. The molecule has 7 nitrogen and oxygen atoms in total. The van der Waals surface area contributed by atoms with E-state index in [0.29, 0.717) is 5.75 Å². The lowest BCUT2D eigenvalue weighted by Gasteiger charge is -2.18. The summed E-state index contributed by atoms with van der Waals surface area (Å²) in [7, 11) is -3.75. The molecular formula is C21H26N2O5S. The van der Waals surface area contributed by atoms with Gasteiger partial charge >= 0.3 is 0 Å². The molecule has 1 aliphatic heterocycles. The van der Waals surface area contributed by atoms with Crippen molar-refractivity contribution in [2.45, 2.75) is 43.7 Å². The molecule has 3 rings (SSSR count). The highest BCUT2D eigenvalue weighted by molar-refractivity contribution is 7.89. The van der Waals surface area contributed by atoms with Gasteiger partial charge in [-0.1, -0.05) is 30.3 Å². The van der Waals surface area contributed by atoms with Crippen LogP contribution >= 0.6 is 0 Å². The average Bonchev–Trinajstić information content (AvgIpc) is 3.00. The smallest absolute Gasteiger partial charge is 0.241 e. The zero-order chi connectivity index (χ0) is 21.1. The molecule has 2 N–H and O–H groups in total. The van der Waals surface area contributed by atoms with Gasteiger partial charge in [-0.05, 0) is 39.0 Å². The van der Waals surface area contributed by atoms with Crippen LogP contribution in [0.25, 0.3) is 0 Å². The summed E-state index contributed by atoms with van der Waals surface area (Å²) in [4.78, 5) is 12.3. The maximum Gasteiger partial charge on any atom is 0.241 e. The number of carbonyl (C=O) groups excluding carboxylic acids is 1. The van der Waals surface area contributed by atoms with Gasteiger partial charge in [0.25, 0.3) is 0 Å². The number of para-hydroxylation sites is 1. The van der Waals surface area contributed by atoms with E-state index < -0.39 is 22.0 Å². The molecule has 156 valence electrons. The van der Waals surface area contributed by atoms with Gasteiger partial charge in [0.2, 0.25) is 15.9 Å². The fourth-order valence-corrected chi connectivity index (χ4v) is 4.37. The van der Waals surface area contributed by atoms with Crippen LogP contribution in [-0.2, 0) is 21.2 Å². The Balaban J connectivity index is 1.48. The molecule has 0 spiro atoms. The molecule has 29 heavy (non-hydrogen) atoms. The van der Waals surface area contributed by atoms with Crippen LogP contribution in [0.5, 0.6) is 11.5 Å². The van der Waals surface area contributed by atoms with Crippen LogP contribution in [0.3, 0.4) is 0 Å². The highest BCUT2D eigenvalue weighted by atomic mass is 32.2. The normalized spacial score (nSPS) is 15.8. The second-order valence-electron chi connectivity index (χ2n) is 7.58. The standard InChI is InChI=1S/C21H26N2O5S/c1-15(23-29(25,26)17-9-5-4-6-10-17)20(24)22-12-13-27-18-11-7-8-16-14-21(2,3)28-19(16)18/h4-11,15,23H,12-14H2,1-3H3,(H,22,24)/t15-/m0/s1. The van der Waals surface area contributed by atoms with E-state index >= 15 is 0 Å². The van der Waals surface area contributed by atoms with Crippen LogP contribution in [0.15, 0.2) is 53.4 Å². The molecule has 2 aromatic rings. The van der Waals surface area contributed by atoms with Crippen LogP contribution in [0.1, 0.15) is 26.3 Å². The minimum Gasteiger partial charge on any atom is -0.488 e. The monoisotopic (exact) mass is 418 g/mol. The van der Waals surface area contributed by atoms with E-state index in [1.54, 1.807) is 18.2 Å². The number of sulfonamides is 1. The third-order valence-corrected chi connectivity index (χ3v) is 6.05. The molecule has 0 saturated carbocycles. The third kappa shape index (κ3) is 5.27. The molecule has 1 atom stereocenters. The molecule has 2 aromatic carbocycles. The van der Waals surface area contributed by atoms with E-state index in [0.717, 1.165) is 17.7 Å². The molecule has 0 fully saturated rings. The van der Waals surface area contributed by atoms with E-state index in [9.17, 15) is 13.2 Å². The Morgan fingerprint density at radius 2 is 1.90 bits per heavy atom. The maximum absolute atomic E-state index is 12.3. The van der Waals surface area contributed by atoms with Crippen LogP contribution in [0.4, 0.5) is 0 Å². The minimum absolute atomic E-state index is 0.115. The summed E-state index contributed by atoms with van der Waals surface area (Å²) in [5.74, 6) is 0.955. The molecule has 0 unspecified atom stereocenters. The van der Waals surface area contributed by atoms with Gasteiger partial charge in [-0.2, -0.15) is 4.72 Å². The molecule has 1 amide bonds. The van der Waals surface area contributed by atoms with Crippen molar-refractivity contribution in [1.82, 2.24) is 10.0 Å². The van der Waals surface area contributed by atoms with E-state index in [4.69, 9.17) is 9.47 Å². The second-order valence-corrected chi connectivity index (χ2v) is 9.29. The van der Waals surface area contributed by atoms with Gasteiger partial charge in [-0.25, -0.2) is 8.42 Å². The summed E-state index contributed by atoms with van der Waals surface area (Å²) < 4.78 is 38.7. The number of hydrogen-bond donors (Lipinski definition) is 2. The summed E-state index contributed by atoms with van der Waals surface area (Å²) in [6.45, 7) is 6.02. The minimum atomic E-state index is -3.75. The number of hydrogen-bond acceptors (Lipinski definition) is 5. The lowest BCUT2D eigenvalue weighted by molar-refractivity contribution is -0.122. The molecule has 1 aliphatic rings. The molecule has 0 saturated heterocycles. The highest BCUT2D eigenvalue weighted by Gasteiger charge is 2.32. The van der Waals surface area contributed by atoms with Gasteiger partial charge in [0.1, 0.15) is 12.2 Å². The Bertz CT molecular complexity index is 974. The van der Waals surface area contributed by atoms with E-state index in [-0.39, 0.29) is 23.6 Å². The molecular weight excluding hydrogens is 392 g/mol. The average molecular weight is 419 g/mol. The third-order valence-electron chi connectivity index (χ3n) is 4.49. The van der Waals surface area contributed by atoms with E-state index in [1.165, 1.54) is 19.1 Å². The highest BCUT2D eigenvalue weighted by Crippen LogP contribution is 2.41. The van der Waals surface area contributed by atoms with Crippen molar-refractivity contribution in [2.75, 3.05) is 13.2 Å².